The van der Waals surface area contributed by atoms with Gasteiger partial charge in [0, 0.05) is 5.56 Å². The van der Waals surface area contributed by atoms with Gasteiger partial charge in [-0.2, -0.15) is 10.5 Å². The van der Waals surface area contributed by atoms with E-state index in [1.807, 2.05) is 6.07 Å². The van der Waals surface area contributed by atoms with Gasteiger partial charge in [-0.3, -0.25) is 0 Å². The van der Waals surface area contributed by atoms with E-state index in [2.05, 4.69) is 69.9 Å². The smallest absolute Gasteiger partial charge is 0.146 e. The number of unbranched alkanes of at least 4 members (excludes halogenated alkanes) is 11. The molecule has 0 fully saturated rings. The molecule has 1 aromatic heterocycles. The summed E-state index contributed by atoms with van der Waals surface area (Å²) in [4.78, 5) is 1.60. The van der Waals surface area contributed by atoms with Crippen molar-refractivity contribution in [2.75, 3.05) is 11.5 Å². The summed E-state index contributed by atoms with van der Waals surface area (Å²) < 4.78 is 0. The maximum Gasteiger partial charge on any atom is 0.146 e. The minimum atomic E-state index is -0.159. The molecule has 0 spiro atoms. The number of nitrogens with zero attached hydrogens (tertiary/aromatic N) is 3. The molecule has 2 aromatic carbocycles. The third-order valence-corrected chi connectivity index (χ3v) is 9.62. The highest BCUT2D eigenvalue weighted by Crippen LogP contribution is 2.36. The van der Waals surface area contributed by atoms with Gasteiger partial charge in [0.2, 0.25) is 0 Å². The van der Waals surface area contributed by atoms with Gasteiger partial charge in [-0.1, -0.05) is 110 Å². The zero-order valence-corrected chi connectivity index (χ0v) is 26.9. The molecule has 0 aliphatic heterocycles. The lowest BCUT2D eigenvalue weighted by Gasteiger charge is -2.22. The first kappa shape index (κ1) is 32.4. The van der Waals surface area contributed by atoms with E-state index in [1.165, 1.54) is 101 Å². The quantitative estimate of drug-likeness (QED) is 0.123. The normalized spacial score (nSPS) is 12.8. The van der Waals surface area contributed by atoms with Crippen LogP contribution in [0.2, 0.25) is 0 Å². The van der Waals surface area contributed by atoms with Crippen molar-refractivity contribution in [3.8, 4) is 11.4 Å². The van der Waals surface area contributed by atoms with E-state index >= 15 is 0 Å². The number of phenols is 1. The van der Waals surface area contributed by atoms with Crippen LogP contribution in [0.3, 0.4) is 0 Å². The minimum Gasteiger partial charge on any atom is -0.505 e. The highest BCUT2D eigenvalue weighted by atomic mass is 32.2. The fraction of sp³-hybridized carbons (Fsp3) is 0.629. The van der Waals surface area contributed by atoms with Crippen LogP contribution in [0.4, 0.5) is 0 Å². The number of benzene rings is 2. The number of fused-ring (bicyclic) bond motifs is 1. The first-order valence-electron chi connectivity index (χ1n) is 15.9. The van der Waals surface area contributed by atoms with E-state index in [9.17, 15) is 5.11 Å². The average molecular weight is 566 g/mol. The van der Waals surface area contributed by atoms with Crippen LogP contribution in [-0.4, -0.2) is 37.5 Å². The van der Waals surface area contributed by atoms with E-state index in [1.54, 1.807) is 4.80 Å². The summed E-state index contributed by atoms with van der Waals surface area (Å²) in [5, 5.41) is 20.4. The van der Waals surface area contributed by atoms with E-state index in [0.717, 1.165) is 28.6 Å². The third kappa shape index (κ3) is 10.4. The maximum absolute atomic E-state index is 11.0. The number of hydrogen-bond acceptors (Lipinski definition) is 3. The van der Waals surface area contributed by atoms with Crippen LogP contribution in [0.1, 0.15) is 128 Å². The van der Waals surface area contributed by atoms with Crippen LogP contribution in [0.5, 0.6) is 5.75 Å². The van der Waals surface area contributed by atoms with Gasteiger partial charge >= 0.3 is 0 Å². The van der Waals surface area contributed by atoms with E-state index in [4.69, 9.17) is 5.10 Å². The Bertz CT molecular complexity index is 1210. The number of aromatic hydroxyl groups is 1. The zero-order chi connectivity index (χ0) is 29.0. The van der Waals surface area contributed by atoms with Crippen molar-refractivity contribution < 1.29 is 5.11 Å². The number of aromatic nitrogens is 3. The van der Waals surface area contributed by atoms with Crippen molar-refractivity contribution in [2.45, 2.75) is 130 Å². The summed E-state index contributed by atoms with van der Waals surface area (Å²) in [7, 11) is 0.391. The first-order chi connectivity index (χ1) is 19.2. The molecule has 5 heteroatoms. The summed E-state index contributed by atoms with van der Waals surface area (Å²) in [6.07, 6.45) is 18.7. The molecule has 40 heavy (non-hydrogen) atoms. The van der Waals surface area contributed by atoms with Crippen LogP contribution in [0.25, 0.3) is 16.7 Å². The molecule has 222 valence electrons. The Morgan fingerprint density at radius 2 is 1.35 bits per heavy atom. The standard InChI is InChI=1S/C35H55N3OS/c1-7-8-9-10-15-18-23-40(6)24-19-16-13-11-12-14-17-20-29-21-22-31-32(27-29)37-38(36-31)33-26-28(2)25-30(34(33)39)35(3,4)5/h21-22,25-27,39H,6-20,23-24H2,1-5H3. The van der Waals surface area contributed by atoms with Gasteiger partial charge in [0.1, 0.15) is 22.5 Å². The van der Waals surface area contributed by atoms with Crippen molar-refractivity contribution in [1.29, 1.82) is 0 Å². The Morgan fingerprint density at radius 3 is 1.98 bits per heavy atom. The highest BCUT2D eigenvalue weighted by Gasteiger charge is 2.22. The Balaban J connectivity index is 1.35. The zero-order valence-electron chi connectivity index (χ0n) is 26.1. The molecule has 0 amide bonds. The van der Waals surface area contributed by atoms with Gasteiger partial charge in [-0.25, -0.2) is 0 Å². The average Bonchev–Trinajstić information content (AvgIpc) is 3.33. The summed E-state index contributed by atoms with van der Waals surface area (Å²) in [5.41, 5.74) is 5.56. The molecule has 3 aromatic rings. The largest absolute Gasteiger partial charge is 0.505 e. The molecule has 1 heterocycles. The van der Waals surface area contributed by atoms with Crippen molar-refractivity contribution in [1.82, 2.24) is 15.0 Å². The van der Waals surface area contributed by atoms with Gasteiger partial charge in [-0.15, -0.1) is 15.0 Å². The molecular weight excluding hydrogens is 510 g/mol. The van der Waals surface area contributed by atoms with Gasteiger partial charge in [0.15, 0.2) is 0 Å². The molecule has 0 aliphatic carbocycles. The fourth-order valence-corrected chi connectivity index (χ4v) is 6.84. The molecule has 4 nitrogen and oxygen atoms in total. The van der Waals surface area contributed by atoms with Crippen LogP contribution in [0.15, 0.2) is 30.3 Å². The Labute approximate surface area is 246 Å². The third-order valence-electron chi connectivity index (χ3n) is 7.89. The Kier molecular flexibility index (Phi) is 13.2. The Hall–Kier alpha value is -2.14. The maximum atomic E-state index is 11.0. The summed E-state index contributed by atoms with van der Waals surface area (Å²) in [6, 6.07) is 10.4. The lowest BCUT2D eigenvalue weighted by atomic mass is 9.85. The molecule has 0 radical (unpaired) electrons. The molecular formula is C35H55N3OS. The predicted molar refractivity (Wildman–Crippen MR) is 178 cm³/mol. The molecule has 0 aliphatic rings. The number of hydrogen-bond donors (Lipinski definition) is 1. The van der Waals surface area contributed by atoms with Crippen LogP contribution >= 0.6 is 10.5 Å². The SMILES string of the molecule is C=S(CCCCCCCC)CCCCCCCCCc1ccc2nn(-c3cc(C)cc(C(C)(C)C)c3O)nc2c1. The number of rotatable bonds is 18. The summed E-state index contributed by atoms with van der Waals surface area (Å²) in [6.45, 7) is 10.7. The number of aryl methyl sites for hydroxylation is 2. The van der Waals surface area contributed by atoms with Crippen molar-refractivity contribution >= 4 is 27.4 Å². The molecule has 0 saturated carbocycles. The molecule has 0 saturated heterocycles. The summed E-state index contributed by atoms with van der Waals surface area (Å²) >= 11 is 0. The second kappa shape index (κ2) is 16.3. The first-order valence-corrected chi connectivity index (χ1v) is 17.6. The monoisotopic (exact) mass is 565 g/mol. The van der Waals surface area contributed by atoms with Crippen molar-refractivity contribution in [3.05, 3.63) is 47.0 Å². The fourth-order valence-electron chi connectivity index (χ4n) is 5.41. The highest BCUT2D eigenvalue weighted by molar-refractivity contribution is 8.14. The van der Waals surface area contributed by atoms with Crippen LogP contribution < -0.4 is 0 Å². The van der Waals surface area contributed by atoms with E-state index in [-0.39, 0.29) is 11.2 Å². The van der Waals surface area contributed by atoms with E-state index < -0.39 is 0 Å². The second-order valence-corrected chi connectivity index (χ2v) is 14.8. The molecule has 1 N–H and O–H groups in total. The van der Waals surface area contributed by atoms with Crippen LogP contribution in [-0.2, 0) is 11.8 Å². The lowest BCUT2D eigenvalue weighted by Crippen LogP contribution is -2.13. The van der Waals surface area contributed by atoms with Crippen molar-refractivity contribution in [3.63, 3.8) is 0 Å². The molecule has 3 rings (SSSR count). The van der Waals surface area contributed by atoms with Gasteiger partial charge < -0.3 is 5.11 Å². The molecule has 0 bridgehead atoms. The lowest BCUT2D eigenvalue weighted by molar-refractivity contribution is 0.440. The van der Waals surface area contributed by atoms with Gasteiger partial charge in [-0.05, 0) is 78.9 Å². The molecule has 1 unspecified atom stereocenters. The Morgan fingerprint density at radius 1 is 0.775 bits per heavy atom. The summed E-state index contributed by atoms with van der Waals surface area (Å²) in [5.74, 6) is 7.37. The van der Waals surface area contributed by atoms with Gasteiger partial charge in [0.25, 0.3) is 0 Å². The van der Waals surface area contributed by atoms with E-state index in [0.29, 0.717) is 16.2 Å². The second-order valence-electron chi connectivity index (χ2n) is 12.8. The minimum absolute atomic E-state index is 0.159. The predicted octanol–water partition coefficient (Wildman–Crippen LogP) is 10.1. The topological polar surface area (TPSA) is 50.9 Å². The van der Waals surface area contributed by atoms with Crippen molar-refractivity contribution in [2.24, 2.45) is 0 Å². The van der Waals surface area contributed by atoms with Gasteiger partial charge in [0.05, 0.1) is 0 Å². The molecule has 1 atom stereocenters. The number of phenolic OH excluding ortho intramolecular Hbond substituents is 1. The van der Waals surface area contributed by atoms with Crippen LogP contribution in [0, 0.1) is 6.92 Å².